The molecule has 0 spiro atoms. The predicted octanol–water partition coefficient (Wildman–Crippen LogP) is 4.22. The summed E-state index contributed by atoms with van der Waals surface area (Å²) in [5.74, 6) is 8.04. The number of nitrogen functional groups attached to an aromatic ring is 1. The molecule has 0 unspecified atom stereocenters. The maximum atomic E-state index is 6.03. The number of nitrogens with two attached hydrogens (primary N) is 2. The maximum Gasteiger partial charge on any atom is 0.180 e. The highest BCUT2D eigenvalue weighted by atomic mass is 32.1. The van der Waals surface area contributed by atoms with Gasteiger partial charge in [-0.15, -0.1) is 0 Å². The highest BCUT2D eigenvalue weighted by molar-refractivity contribution is 7.16. The van der Waals surface area contributed by atoms with Crippen molar-refractivity contribution in [3.8, 4) is 0 Å². The summed E-state index contributed by atoms with van der Waals surface area (Å²) in [6.45, 7) is 4.95. The lowest BCUT2D eigenvalue weighted by Crippen LogP contribution is -2.49. The van der Waals surface area contributed by atoms with Crippen LogP contribution in [0.15, 0.2) is 11.2 Å². The zero-order chi connectivity index (χ0) is 17.4. The van der Waals surface area contributed by atoms with E-state index >= 15 is 0 Å². The van der Waals surface area contributed by atoms with Crippen LogP contribution < -0.4 is 11.6 Å². The van der Waals surface area contributed by atoms with Crippen LogP contribution >= 0.6 is 11.3 Å². The molecule has 4 nitrogen and oxygen atoms in total. The molecular formula is C20H28N4S. The summed E-state index contributed by atoms with van der Waals surface area (Å²) in [4.78, 5) is 5.97. The minimum atomic E-state index is 0.242. The van der Waals surface area contributed by atoms with Gasteiger partial charge in [-0.1, -0.05) is 31.3 Å². The zero-order valence-electron chi connectivity index (χ0n) is 15.2. The van der Waals surface area contributed by atoms with Gasteiger partial charge in [0.2, 0.25) is 0 Å². The van der Waals surface area contributed by atoms with E-state index in [4.69, 9.17) is 11.6 Å². The molecule has 2 fully saturated rings. The molecule has 0 amide bonds. The van der Waals surface area contributed by atoms with E-state index in [-0.39, 0.29) is 5.41 Å². The second-order valence-corrected chi connectivity index (χ2v) is 10.1. The fraction of sp³-hybridized carbons (Fsp3) is 0.700. The molecule has 5 atom stereocenters. The molecule has 25 heavy (non-hydrogen) atoms. The Labute approximate surface area is 153 Å². The van der Waals surface area contributed by atoms with Crippen molar-refractivity contribution in [2.24, 2.45) is 39.5 Å². The SMILES string of the molecule is C[C@]12CCc3nc(N)sc3C1=CC[C@@H]1[C@@H]2CC[C@]2(C)/C(=N/N)CC[C@@H]12. The Hall–Kier alpha value is -1.36. The number of aryl methyl sites for hydroxylation is 1. The molecule has 0 aromatic carbocycles. The quantitative estimate of drug-likeness (QED) is 0.539. The molecule has 4 aliphatic carbocycles. The Bertz CT molecular complexity index is 794. The van der Waals surface area contributed by atoms with E-state index in [0.717, 1.165) is 35.7 Å². The van der Waals surface area contributed by atoms with Crippen molar-refractivity contribution in [3.05, 3.63) is 16.6 Å². The van der Waals surface area contributed by atoms with Crippen LogP contribution in [0.2, 0.25) is 0 Å². The van der Waals surface area contributed by atoms with Gasteiger partial charge in [0.25, 0.3) is 0 Å². The number of thiazole rings is 1. The normalized spacial score (nSPS) is 43.8. The van der Waals surface area contributed by atoms with Crippen LogP contribution in [0.25, 0.3) is 5.57 Å². The summed E-state index contributed by atoms with van der Waals surface area (Å²) in [7, 11) is 0. The Morgan fingerprint density at radius 1 is 1.16 bits per heavy atom. The van der Waals surface area contributed by atoms with Gasteiger partial charge in [-0.25, -0.2) is 4.98 Å². The van der Waals surface area contributed by atoms with Crippen LogP contribution in [-0.4, -0.2) is 10.7 Å². The van der Waals surface area contributed by atoms with E-state index in [2.05, 4.69) is 30.0 Å². The van der Waals surface area contributed by atoms with E-state index < -0.39 is 0 Å². The molecule has 0 bridgehead atoms. The minimum Gasteiger partial charge on any atom is -0.375 e. The first-order valence-electron chi connectivity index (χ1n) is 9.71. The molecular weight excluding hydrogens is 328 g/mol. The standard InChI is InChI=1S/C20H28N4S/c1-19-10-8-15-17(25-18(21)23-15)14(19)4-3-11-12-5-6-16(24-22)20(12,2)9-7-13(11)19/h4,11-13H,3,5-10,22H2,1-2H3,(H2,21,23)/b24-16+/t11-,12-,13-,19+,20-/m0/s1. The Kier molecular flexibility index (Phi) is 3.23. The average Bonchev–Trinajstić information content (AvgIpc) is 3.13. The van der Waals surface area contributed by atoms with Gasteiger partial charge in [0.05, 0.1) is 10.6 Å². The molecule has 0 radical (unpaired) electrons. The number of rotatable bonds is 0. The summed E-state index contributed by atoms with van der Waals surface area (Å²) in [6, 6.07) is 0. The molecule has 1 heterocycles. The van der Waals surface area contributed by atoms with Gasteiger partial charge in [0.1, 0.15) is 0 Å². The molecule has 4 N–H and O–H groups in total. The van der Waals surface area contributed by atoms with Gasteiger partial charge in [-0.3, -0.25) is 0 Å². The lowest BCUT2D eigenvalue weighted by atomic mass is 9.48. The second kappa shape index (κ2) is 5.09. The third-order valence-electron chi connectivity index (χ3n) is 8.20. The Morgan fingerprint density at radius 2 is 1.96 bits per heavy atom. The van der Waals surface area contributed by atoms with Crippen LogP contribution in [0.1, 0.15) is 62.9 Å². The van der Waals surface area contributed by atoms with E-state index in [9.17, 15) is 0 Å². The average molecular weight is 357 g/mol. The highest BCUT2D eigenvalue weighted by Gasteiger charge is 2.58. The summed E-state index contributed by atoms with van der Waals surface area (Å²) in [5.41, 5.74) is 10.6. The number of hydrogen-bond acceptors (Lipinski definition) is 5. The number of aromatic nitrogens is 1. The van der Waals surface area contributed by atoms with Crippen LogP contribution in [0, 0.1) is 28.6 Å². The summed E-state index contributed by atoms with van der Waals surface area (Å²) in [6.07, 6.45) is 11.0. The van der Waals surface area contributed by atoms with Crippen molar-refractivity contribution >= 4 is 27.8 Å². The number of nitrogens with zero attached hydrogens (tertiary/aromatic N) is 2. The highest BCUT2D eigenvalue weighted by Crippen LogP contribution is 2.65. The first kappa shape index (κ1) is 15.9. The Morgan fingerprint density at radius 3 is 2.76 bits per heavy atom. The molecule has 5 rings (SSSR count). The van der Waals surface area contributed by atoms with Gasteiger partial charge < -0.3 is 11.6 Å². The largest absolute Gasteiger partial charge is 0.375 e. The summed E-state index contributed by atoms with van der Waals surface area (Å²) < 4.78 is 0. The van der Waals surface area contributed by atoms with Crippen molar-refractivity contribution in [3.63, 3.8) is 0 Å². The third kappa shape index (κ3) is 1.93. The molecule has 1 aromatic rings. The van der Waals surface area contributed by atoms with Gasteiger partial charge in [0, 0.05) is 11.1 Å². The zero-order valence-corrected chi connectivity index (χ0v) is 16.0. The van der Waals surface area contributed by atoms with Gasteiger partial charge in [-0.05, 0) is 73.7 Å². The second-order valence-electron chi connectivity index (χ2n) is 9.05. The smallest absolute Gasteiger partial charge is 0.180 e. The van der Waals surface area contributed by atoms with E-state index in [1.165, 1.54) is 48.4 Å². The molecule has 5 heteroatoms. The van der Waals surface area contributed by atoms with Crippen LogP contribution in [0.4, 0.5) is 5.13 Å². The topological polar surface area (TPSA) is 77.3 Å². The van der Waals surface area contributed by atoms with E-state index in [1.807, 2.05) is 0 Å². The molecule has 134 valence electrons. The number of fused-ring (bicyclic) bond motifs is 7. The lowest BCUT2D eigenvalue weighted by molar-refractivity contribution is 0.0117. The van der Waals surface area contributed by atoms with Crippen molar-refractivity contribution < 1.29 is 0 Å². The minimum absolute atomic E-state index is 0.242. The van der Waals surface area contributed by atoms with Gasteiger partial charge >= 0.3 is 0 Å². The van der Waals surface area contributed by atoms with Crippen LogP contribution in [-0.2, 0) is 6.42 Å². The number of allylic oxidation sites excluding steroid dienone is 2. The van der Waals surface area contributed by atoms with Crippen molar-refractivity contribution in [1.29, 1.82) is 0 Å². The maximum absolute atomic E-state index is 6.03. The molecule has 0 saturated heterocycles. The third-order valence-corrected chi connectivity index (χ3v) is 9.16. The van der Waals surface area contributed by atoms with E-state index in [1.54, 1.807) is 16.9 Å². The van der Waals surface area contributed by atoms with Crippen molar-refractivity contribution in [2.75, 3.05) is 5.73 Å². The first-order chi connectivity index (χ1) is 12.0. The first-order valence-corrected chi connectivity index (χ1v) is 10.5. The van der Waals surface area contributed by atoms with Gasteiger partial charge in [0.15, 0.2) is 5.13 Å². The van der Waals surface area contributed by atoms with Crippen molar-refractivity contribution in [1.82, 2.24) is 4.98 Å². The lowest BCUT2D eigenvalue weighted by Gasteiger charge is -2.56. The number of hydrazone groups is 1. The van der Waals surface area contributed by atoms with Crippen LogP contribution in [0.3, 0.4) is 0 Å². The van der Waals surface area contributed by atoms with Gasteiger partial charge in [-0.2, -0.15) is 5.10 Å². The molecule has 0 aliphatic heterocycles. The van der Waals surface area contributed by atoms with E-state index in [0.29, 0.717) is 5.41 Å². The Balaban J connectivity index is 1.57. The summed E-state index contributed by atoms with van der Waals surface area (Å²) >= 11 is 1.70. The molecule has 1 aromatic heterocycles. The predicted molar refractivity (Wildman–Crippen MR) is 104 cm³/mol. The molecule has 4 aliphatic rings. The monoisotopic (exact) mass is 356 g/mol. The van der Waals surface area contributed by atoms with Crippen LogP contribution in [0.5, 0.6) is 0 Å². The fourth-order valence-electron chi connectivity index (χ4n) is 6.90. The fourth-order valence-corrected chi connectivity index (χ4v) is 7.95. The summed E-state index contributed by atoms with van der Waals surface area (Å²) in [5, 5.41) is 4.92. The number of anilines is 1. The number of hydrogen-bond donors (Lipinski definition) is 2. The van der Waals surface area contributed by atoms with Crippen molar-refractivity contribution in [2.45, 2.75) is 58.8 Å². The molecule has 2 saturated carbocycles.